The van der Waals surface area contributed by atoms with Gasteiger partial charge in [-0.2, -0.15) is 8.42 Å². The van der Waals surface area contributed by atoms with Crippen molar-refractivity contribution in [1.29, 1.82) is 0 Å². The normalized spacial score (nSPS) is 12.4. The molecule has 2 aromatic rings. The van der Waals surface area contributed by atoms with E-state index >= 15 is 0 Å². The van der Waals surface area contributed by atoms with Gasteiger partial charge in [0.05, 0.1) is 5.51 Å². The fourth-order valence-corrected chi connectivity index (χ4v) is 4.63. The van der Waals surface area contributed by atoms with Crippen LogP contribution in [0.3, 0.4) is 0 Å². The number of thiazole rings is 1. The molecule has 0 saturated carbocycles. The van der Waals surface area contributed by atoms with Crippen molar-refractivity contribution in [3.05, 3.63) is 34.5 Å². The van der Waals surface area contributed by atoms with Crippen LogP contribution >= 0.6 is 11.3 Å². The second-order valence-electron chi connectivity index (χ2n) is 6.80. The molecule has 0 amide bonds. The van der Waals surface area contributed by atoms with E-state index in [1.54, 1.807) is 5.38 Å². The third-order valence-electron chi connectivity index (χ3n) is 3.46. The largest absolute Gasteiger partial charge is 0.360 e. The molecule has 0 spiro atoms. The van der Waals surface area contributed by atoms with Gasteiger partial charge in [-0.25, -0.2) is 18.7 Å². The van der Waals surface area contributed by atoms with Crippen LogP contribution in [0, 0.1) is 12.7 Å². The molecule has 0 aromatic carbocycles. The van der Waals surface area contributed by atoms with E-state index in [9.17, 15) is 12.8 Å². The fraction of sp³-hybridized carbons (Fsp3) is 0.467. The van der Waals surface area contributed by atoms with Crippen molar-refractivity contribution >= 4 is 35.3 Å². The molecule has 0 aliphatic heterocycles. The first-order valence-electron chi connectivity index (χ1n) is 7.73. The van der Waals surface area contributed by atoms with Crippen molar-refractivity contribution in [2.24, 2.45) is 0 Å². The predicted octanol–water partition coefficient (Wildman–Crippen LogP) is 3.49. The Balaban J connectivity index is 2.28. The summed E-state index contributed by atoms with van der Waals surface area (Å²) in [4.78, 5) is 7.76. The fourth-order valence-electron chi connectivity index (χ4n) is 1.91. The number of ether oxygens (including phenoxy) is 1. The lowest BCUT2D eigenvalue weighted by Gasteiger charge is -2.23. The van der Waals surface area contributed by atoms with Crippen molar-refractivity contribution in [2.45, 2.75) is 37.6 Å². The summed E-state index contributed by atoms with van der Waals surface area (Å²) >= 11 is 1.25. The first-order chi connectivity index (χ1) is 11.6. The summed E-state index contributed by atoms with van der Waals surface area (Å²) in [6, 6.07) is 2.32. The quantitative estimate of drug-likeness (QED) is 0.383. The lowest BCUT2D eigenvalue weighted by atomic mass is 10.3. The number of aryl methyl sites for hydroxylation is 1. The van der Waals surface area contributed by atoms with E-state index in [0.29, 0.717) is 6.61 Å². The van der Waals surface area contributed by atoms with Gasteiger partial charge in [0.2, 0.25) is 5.03 Å². The minimum Gasteiger partial charge on any atom is -0.360 e. The highest BCUT2D eigenvalue weighted by Gasteiger charge is 2.31. The molecule has 0 bridgehead atoms. The number of nitrogens with zero attached hydrogens (tertiary/aromatic N) is 3. The van der Waals surface area contributed by atoms with Gasteiger partial charge in [0.1, 0.15) is 6.73 Å². The molecular weight excluding hydrogens is 381 g/mol. The van der Waals surface area contributed by atoms with Gasteiger partial charge in [-0.05, 0) is 24.6 Å². The van der Waals surface area contributed by atoms with Gasteiger partial charge in [-0.3, -0.25) is 0 Å². The molecule has 2 heterocycles. The van der Waals surface area contributed by atoms with Crippen LogP contribution in [0.25, 0.3) is 0 Å². The van der Waals surface area contributed by atoms with E-state index in [1.165, 1.54) is 36.0 Å². The van der Waals surface area contributed by atoms with Crippen molar-refractivity contribution in [3.8, 4) is 0 Å². The molecule has 6 nitrogen and oxygen atoms in total. The molecule has 0 N–H and O–H groups in total. The van der Waals surface area contributed by atoms with Gasteiger partial charge < -0.3 is 4.74 Å². The highest BCUT2D eigenvalue weighted by atomic mass is 32.2. The molecule has 0 radical (unpaired) electrons. The zero-order valence-electron chi connectivity index (χ0n) is 14.7. The third kappa shape index (κ3) is 5.06. The standard InChI is InChI=1S/C15H22FN3O3S2Si/c1-12-5-6-17-15(14(12)16)24(20,21)19(13-9-23-10-18-13)11-22-7-8-25(2,3)4/h5-6,9-10H,7-8,11H2,1-4H3. The van der Waals surface area contributed by atoms with E-state index in [0.717, 1.165) is 10.3 Å². The van der Waals surface area contributed by atoms with Crippen LogP contribution in [0.2, 0.25) is 25.7 Å². The molecule has 138 valence electrons. The van der Waals surface area contributed by atoms with Gasteiger partial charge in [0, 0.05) is 26.3 Å². The van der Waals surface area contributed by atoms with Crippen LogP contribution in [-0.4, -0.2) is 39.8 Å². The summed E-state index contributed by atoms with van der Waals surface area (Å²) in [6.07, 6.45) is 1.27. The summed E-state index contributed by atoms with van der Waals surface area (Å²) in [5.41, 5.74) is 1.73. The Kier molecular flexibility index (Phi) is 6.30. The first kappa shape index (κ1) is 20.0. The van der Waals surface area contributed by atoms with E-state index in [4.69, 9.17) is 4.74 Å². The van der Waals surface area contributed by atoms with E-state index in [1.807, 2.05) is 0 Å². The molecule has 0 saturated heterocycles. The summed E-state index contributed by atoms with van der Waals surface area (Å²) in [6.45, 7) is 8.32. The molecule has 0 unspecified atom stereocenters. The zero-order valence-corrected chi connectivity index (χ0v) is 17.3. The smallest absolute Gasteiger partial charge is 0.287 e. The molecule has 0 aliphatic carbocycles. The Morgan fingerprint density at radius 3 is 2.64 bits per heavy atom. The van der Waals surface area contributed by atoms with Gasteiger partial charge in [0.15, 0.2) is 11.6 Å². The molecule has 0 atom stereocenters. The SMILES string of the molecule is Cc1ccnc(S(=O)(=O)N(COCC[Si](C)(C)C)c2cscn2)c1F. The number of hydrogen-bond acceptors (Lipinski definition) is 6. The highest BCUT2D eigenvalue weighted by Crippen LogP contribution is 2.25. The molecular formula is C15H22FN3O3S2Si. The van der Waals surface area contributed by atoms with Gasteiger partial charge in [-0.1, -0.05) is 19.6 Å². The maximum absolute atomic E-state index is 14.3. The first-order valence-corrected chi connectivity index (χ1v) is 13.8. The van der Waals surface area contributed by atoms with Crippen LogP contribution < -0.4 is 4.31 Å². The maximum atomic E-state index is 14.3. The number of anilines is 1. The minimum atomic E-state index is -4.22. The lowest BCUT2D eigenvalue weighted by Crippen LogP contribution is -2.35. The Morgan fingerprint density at radius 2 is 2.04 bits per heavy atom. The molecule has 2 rings (SSSR count). The number of halogens is 1. The topological polar surface area (TPSA) is 72.4 Å². The Bertz CT molecular complexity index is 808. The highest BCUT2D eigenvalue weighted by molar-refractivity contribution is 7.92. The summed E-state index contributed by atoms with van der Waals surface area (Å²) in [7, 11) is -5.52. The monoisotopic (exact) mass is 403 g/mol. The second-order valence-corrected chi connectivity index (χ2v) is 14.9. The average Bonchev–Trinajstić information content (AvgIpc) is 3.02. The Labute approximate surface area is 152 Å². The Hall–Kier alpha value is -1.36. The number of hydrogen-bond donors (Lipinski definition) is 0. The van der Waals surface area contributed by atoms with Gasteiger partial charge in [-0.15, -0.1) is 11.3 Å². The second kappa shape index (κ2) is 7.90. The number of sulfonamides is 1. The molecule has 0 fully saturated rings. The van der Waals surface area contributed by atoms with E-state index in [-0.39, 0.29) is 18.1 Å². The van der Waals surface area contributed by atoms with Crippen LogP contribution in [-0.2, 0) is 14.8 Å². The van der Waals surface area contributed by atoms with E-state index in [2.05, 4.69) is 29.6 Å². The van der Waals surface area contributed by atoms with Crippen molar-refractivity contribution < 1.29 is 17.5 Å². The average molecular weight is 404 g/mol. The van der Waals surface area contributed by atoms with Crippen molar-refractivity contribution in [3.63, 3.8) is 0 Å². The van der Waals surface area contributed by atoms with Gasteiger partial charge in [0.25, 0.3) is 10.0 Å². The number of aromatic nitrogens is 2. The molecule has 25 heavy (non-hydrogen) atoms. The summed E-state index contributed by atoms with van der Waals surface area (Å²) < 4.78 is 46.7. The van der Waals surface area contributed by atoms with Crippen LogP contribution in [0.15, 0.2) is 28.2 Å². The van der Waals surface area contributed by atoms with Crippen LogP contribution in [0.5, 0.6) is 0 Å². The van der Waals surface area contributed by atoms with Gasteiger partial charge >= 0.3 is 0 Å². The molecule has 2 aromatic heterocycles. The van der Waals surface area contributed by atoms with Crippen LogP contribution in [0.1, 0.15) is 5.56 Å². The van der Waals surface area contributed by atoms with E-state index < -0.39 is 28.9 Å². The molecule has 0 aliphatic rings. The summed E-state index contributed by atoms with van der Waals surface area (Å²) in [5.74, 6) is -0.662. The zero-order chi connectivity index (χ0) is 18.7. The lowest BCUT2D eigenvalue weighted by molar-refractivity contribution is 0.156. The predicted molar refractivity (Wildman–Crippen MR) is 99.7 cm³/mol. The number of pyridine rings is 1. The summed E-state index contributed by atoms with van der Waals surface area (Å²) in [5, 5.41) is 0.960. The van der Waals surface area contributed by atoms with Crippen molar-refractivity contribution in [1.82, 2.24) is 9.97 Å². The maximum Gasteiger partial charge on any atom is 0.287 e. The number of rotatable bonds is 8. The Morgan fingerprint density at radius 1 is 1.32 bits per heavy atom. The van der Waals surface area contributed by atoms with Crippen LogP contribution in [0.4, 0.5) is 10.2 Å². The third-order valence-corrected chi connectivity index (χ3v) is 7.39. The molecule has 10 heteroatoms. The van der Waals surface area contributed by atoms with Crippen molar-refractivity contribution in [2.75, 3.05) is 17.6 Å². The minimum absolute atomic E-state index is 0.195.